The van der Waals surface area contributed by atoms with Crippen LogP contribution in [0.1, 0.15) is 6.42 Å². The fourth-order valence-corrected chi connectivity index (χ4v) is 4.16. The van der Waals surface area contributed by atoms with Gasteiger partial charge >= 0.3 is 0 Å². The first kappa shape index (κ1) is 15.7. The molecule has 6 heteroatoms. The van der Waals surface area contributed by atoms with Crippen molar-refractivity contribution in [3.63, 3.8) is 0 Å². The van der Waals surface area contributed by atoms with Crippen molar-refractivity contribution in [1.82, 2.24) is 14.6 Å². The van der Waals surface area contributed by atoms with Crippen LogP contribution >= 0.6 is 0 Å². The van der Waals surface area contributed by atoms with Crippen molar-refractivity contribution < 1.29 is 9.52 Å². The van der Waals surface area contributed by atoms with E-state index in [-0.39, 0.29) is 6.10 Å². The molecule has 1 aliphatic heterocycles. The average Bonchev–Trinajstić information content (AvgIpc) is 3.44. The summed E-state index contributed by atoms with van der Waals surface area (Å²) in [6, 6.07) is 18.2. The Morgan fingerprint density at radius 3 is 2.82 bits per heavy atom. The zero-order valence-electron chi connectivity index (χ0n) is 15.1. The lowest BCUT2D eigenvalue weighted by Crippen LogP contribution is -2.24. The number of rotatable bonds is 2. The van der Waals surface area contributed by atoms with E-state index in [2.05, 4.69) is 22.1 Å². The van der Waals surface area contributed by atoms with Gasteiger partial charge in [-0.2, -0.15) is 9.61 Å². The molecule has 1 unspecified atom stereocenters. The molecule has 2 aromatic carbocycles. The second kappa shape index (κ2) is 5.81. The molecule has 0 spiro atoms. The van der Waals surface area contributed by atoms with E-state index in [0.717, 1.165) is 57.6 Å². The number of furan rings is 1. The lowest BCUT2D eigenvalue weighted by atomic mass is 10.1. The Kier molecular flexibility index (Phi) is 3.25. The van der Waals surface area contributed by atoms with Gasteiger partial charge in [-0.05, 0) is 18.6 Å². The summed E-state index contributed by atoms with van der Waals surface area (Å²) in [6.07, 6.45) is 2.21. The van der Waals surface area contributed by atoms with Gasteiger partial charge in [0.2, 0.25) is 0 Å². The molecule has 1 fully saturated rings. The number of anilines is 1. The van der Waals surface area contributed by atoms with Crippen LogP contribution in [0.5, 0.6) is 0 Å². The van der Waals surface area contributed by atoms with Gasteiger partial charge in [0.15, 0.2) is 5.65 Å². The molecule has 1 atom stereocenters. The minimum absolute atomic E-state index is 0.305. The summed E-state index contributed by atoms with van der Waals surface area (Å²) in [5, 5.41) is 16.6. The van der Waals surface area contributed by atoms with Crippen LogP contribution in [0.3, 0.4) is 0 Å². The van der Waals surface area contributed by atoms with E-state index in [1.807, 2.05) is 47.0 Å². The Morgan fingerprint density at radius 2 is 1.93 bits per heavy atom. The van der Waals surface area contributed by atoms with E-state index in [1.165, 1.54) is 0 Å². The van der Waals surface area contributed by atoms with Crippen LogP contribution in [-0.4, -0.2) is 38.9 Å². The van der Waals surface area contributed by atoms with Crippen molar-refractivity contribution in [1.29, 1.82) is 0 Å². The molecule has 1 aliphatic rings. The van der Waals surface area contributed by atoms with Crippen molar-refractivity contribution in [2.75, 3.05) is 18.0 Å². The molecule has 138 valence electrons. The van der Waals surface area contributed by atoms with Gasteiger partial charge in [0.05, 0.1) is 18.0 Å². The Morgan fingerprint density at radius 1 is 1.04 bits per heavy atom. The van der Waals surface area contributed by atoms with Crippen LogP contribution in [0.25, 0.3) is 38.8 Å². The quantitative estimate of drug-likeness (QED) is 0.511. The highest BCUT2D eigenvalue weighted by molar-refractivity contribution is 6.09. The SMILES string of the molecule is OC1CCN(c2cc(-c3cccc4c3oc3ccccc34)nc3ccnn23)C1. The number of nitrogens with zero attached hydrogens (tertiary/aromatic N) is 4. The number of aliphatic hydroxyl groups is 1. The highest BCUT2D eigenvalue weighted by Crippen LogP contribution is 2.36. The van der Waals surface area contributed by atoms with E-state index >= 15 is 0 Å². The second-order valence-corrected chi connectivity index (χ2v) is 7.27. The zero-order chi connectivity index (χ0) is 18.7. The molecule has 6 nitrogen and oxygen atoms in total. The van der Waals surface area contributed by atoms with Crippen molar-refractivity contribution >= 4 is 33.4 Å². The molecule has 3 aromatic heterocycles. The van der Waals surface area contributed by atoms with E-state index in [4.69, 9.17) is 9.40 Å². The molecule has 5 aromatic rings. The lowest BCUT2D eigenvalue weighted by molar-refractivity contribution is 0.198. The summed E-state index contributed by atoms with van der Waals surface area (Å²) >= 11 is 0. The van der Waals surface area contributed by atoms with Gasteiger partial charge in [0.25, 0.3) is 0 Å². The monoisotopic (exact) mass is 370 g/mol. The zero-order valence-corrected chi connectivity index (χ0v) is 15.1. The Labute approximate surface area is 160 Å². The molecule has 6 rings (SSSR count). The van der Waals surface area contributed by atoms with Gasteiger partial charge in [0, 0.05) is 41.6 Å². The Hall–Kier alpha value is -3.38. The van der Waals surface area contributed by atoms with Gasteiger partial charge in [-0.15, -0.1) is 0 Å². The fraction of sp³-hybridized carbons (Fsp3) is 0.182. The molecule has 0 radical (unpaired) electrons. The summed E-state index contributed by atoms with van der Waals surface area (Å²) in [6.45, 7) is 1.40. The first-order valence-electron chi connectivity index (χ1n) is 9.46. The number of fused-ring (bicyclic) bond motifs is 4. The standard InChI is InChI=1S/C22H18N4O2/c27-14-9-11-25(13-14)21-12-18(24-20-8-10-23-26(20)21)17-6-3-5-16-15-4-1-2-7-19(15)28-22(16)17/h1-8,10,12,14,27H,9,11,13H2. The highest BCUT2D eigenvalue weighted by atomic mass is 16.3. The van der Waals surface area contributed by atoms with Crippen LogP contribution in [0.15, 0.2) is 65.2 Å². The summed E-state index contributed by atoms with van der Waals surface area (Å²) in [4.78, 5) is 6.99. The molecule has 4 heterocycles. The number of β-amino-alcohol motifs (C(OH)–C–C–N with tert-alkyl or cyclic N) is 1. The summed E-state index contributed by atoms with van der Waals surface area (Å²) in [5.41, 5.74) is 4.29. The maximum absolute atomic E-state index is 9.99. The van der Waals surface area contributed by atoms with E-state index in [1.54, 1.807) is 6.20 Å². The first-order chi connectivity index (χ1) is 13.8. The van der Waals surface area contributed by atoms with E-state index in [9.17, 15) is 5.11 Å². The predicted octanol–water partition coefficient (Wildman–Crippen LogP) is 3.87. The largest absolute Gasteiger partial charge is 0.455 e. The van der Waals surface area contributed by atoms with Gasteiger partial charge in [-0.3, -0.25) is 0 Å². The minimum atomic E-state index is -0.305. The van der Waals surface area contributed by atoms with Crippen LogP contribution in [0.2, 0.25) is 0 Å². The van der Waals surface area contributed by atoms with Crippen molar-refractivity contribution in [2.24, 2.45) is 0 Å². The summed E-state index contributed by atoms with van der Waals surface area (Å²) in [7, 11) is 0. The van der Waals surface area contributed by atoms with Crippen LogP contribution in [0, 0.1) is 0 Å². The van der Waals surface area contributed by atoms with Crippen LogP contribution in [0.4, 0.5) is 5.82 Å². The molecular weight excluding hydrogens is 352 g/mol. The minimum Gasteiger partial charge on any atom is -0.455 e. The number of aliphatic hydroxyl groups excluding tert-OH is 1. The smallest absolute Gasteiger partial charge is 0.157 e. The highest BCUT2D eigenvalue weighted by Gasteiger charge is 2.24. The topological polar surface area (TPSA) is 66.8 Å². The van der Waals surface area contributed by atoms with Gasteiger partial charge in [-0.25, -0.2) is 4.98 Å². The van der Waals surface area contributed by atoms with Gasteiger partial charge < -0.3 is 14.4 Å². The number of hydrogen-bond acceptors (Lipinski definition) is 5. The summed E-state index contributed by atoms with van der Waals surface area (Å²) < 4.78 is 8.03. The molecule has 0 aliphatic carbocycles. The third-order valence-electron chi connectivity index (χ3n) is 5.51. The number of para-hydroxylation sites is 2. The third kappa shape index (κ3) is 2.25. The fourth-order valence-electron chi connectivity index (χ4n) is 4.16. The number of aromatic nitrogens is 3. The molecular formula is C22H18N4O2. The summed E-state index contributed by atoms with van der Waals surface area (Å²) in [5.74, 6) is 0.940. The van der Waals surface area contributed by atoms with E-state index < -0.39 is 0 Å². The first-order valence-corrected chi connectivity index (χ1v) is 9.46. The molecule has 1 saturated heterocycles. The van der Waals surface area contributed by atoms with Crippen molar-refractivity contribution in [3.8, 4) is 11.3 Å². The van der Waals surface area contributed by atoms with Gasteiger partial charge in [-0.1, -0.05) is 30.3 Å². The maximum Gasteiger partial charge on any atom is 0.157 e. The Bertz CT molecular complexity index is 1340. The average molecular weight is 370 g/mol. The molecule has 0 bridgehead atoms. The van der Waals surface area contributed by atoms with E-state index in [0.29, 0.717) is 6.54 Å². The maximum atomic E-state index is 9.99. The van der Waals surface area contributed by atoms with Crippen molar-refractivity contribution in [3.05, 3.63) is 60.8 Å². The molecule has 1 N–H and O–H groups in total. The van der Waals surface area contributed by atoms with Gasteiger partial charge in [0.1, 0.15) is 17.0 Å². The molecule has 0 saturated carbocycles. The number of hydrogen-bond donors (Lipinski definition) is 1. The predicted molar refractivity (Wildman–Crippen MR) is 109 cm³/mol. The van der Waals surface area contributed by atoms with Crippen molar-refractivity contribution in [2.45, 2.75) is 12.5 Å². The van der Waals surface area contributed by atoms with Crippen LogP contribution < -0.4 is 4.90 Å². The third-order valence-corrected chi connectivity index (χ3v) is 5.51. The lowest BCUT2D eigenvalue weighted by Gasteiger charge is -2.19. The molecule has 0 amide bonds. The van der Waals surface area contributed by atoms with Crippen LogP contribution in [-0.2, 0) is 0 Å². The normalized spacial score (nSPS) is 17.3. The Balaban J connectivity index is 1.61. The number of benzene rings is 2. The second-order valence-electron chi connectivity index (χ2n) is 7.27. The molecule has 28 heavy (non-hydrogen) atoms.